The Bertz CT molecular complexity index is 851. The number of fused-ring (bicyclic) bond motifs is 1. The van der Waals surface area contributed by atoms with Crippen LogP contribution >= 0.6 is 35.0 Å². The second-order valence-corrected chi connectivity index (χ2v) is 6.58. The average molecular weight is 348 g/mol. The number of carbonyl (C=O) groups is 1. The minimum Gasteiger partial charge on any atom is -0.366 e. The standard InChI is InChI=1S/C17H11Cl2NOS/c18-13-8-11(17(20)21)9-14(19)16(13)22-15-7-3-5-10-4-1-2-6-12(10)15/h1-9H,(H2,20,21). The molecule has 0 bridgehead atoms. The highest BCUT2D eigenvalue weighted by molar-refractivity contribution is 7.99. The van der Waals surface area contributed by atoms with Crippen molar-refractivity contribution in [3.63, 3.8) is 0 Å². The van der Waals surface area contributed by atoms with Crippen molar-refractivity contribution in [2.75, 3.05) is 0 Å². The molecule has 0 aliphatic heterocycles. The predicted octanol–water partition coefficient (Wildman–Crippen LogP) is 5.40. The summed E-state index contributed by atoms with van der Waals surface area (Å²) in [6.45, 7) is 0. The lowest BCUT2D eigenvalue weighted by Crippen LogP contribution is -2.10. The maximum absolute atomic E-state index is 11.2. The Balaban J connectivity index is 2.08. The van der Waals surface area contributed by atoms with Crippen molar-refractivity contribution in [3.8, 4) is 0 Å². The summed E-state index contributed by atoms with van der Waals surface area (Å²) in [5, 5.41) is 3.10. The Labute approximate surface area is 142 Å². The van der Waals surface area contributed by atoms with Gasteiger partial charge in [0.15, 0.2) is 0 Å². The van der Waals surface area contributed by atoms with Crippen LogP contribution in [0.1, 0.15) is 10.4 Å². The first-order chi connectivity index (χ1) is 10.6. The molecule has 0 aliphatic rings. The molecule has 0 unspecified atom stereocenters. The highest BCUT2D eigenvalue weighted by Crippen LogP contribution is 2.41. The van der Waals surface area contributed by atoms with Gasteiger partial charge in [0.2, 0.25) is 5.91 Å². The molecule has 1 amide bonds. The first-order valence-electron chi connectivity index (χ1n) is 6.51. The second kappa shape index (κ2) is 6.21. The summed E-state index contributed by atoms with van der Waals surface area (Å²) in [5.41, 5.74) is 5.57. The molecular formula is C17H11Cl2NOS. The van der Waals surface area contributed by atoms with Crippen LogP contribution in [0.25, 0.3) is 10.8 Å². The number of rotatable bonds is 3. The third-order valence-corrected chi connectivity index (χ3v) is 5.28. The molecule has 3 aromatic rings. The lowest BCUT2D eigenvalue weighted by atomic mass is 10.1. The number of amides is 1. The Morgan fingerprint density at radius 3 is 2.27 bits per heavy atom. The summed E-state index contributed by atoms with van der Waals surface area (Å²) in [6, 6.07) is 17.2. The molecule has 0 aliphatic carbocycles. The first-order valence-corrected chi connectivity index (χ1v) is 8.08. The van der Waals surface area contributed by atoms with E-state index in [0.29, 0.717) is 20.5 Å². The van der Waals surface area contributed by atoms with Gasteiger partial charge in [-0.1, -0.05) is 71.4 Å². The molecule has 0 atom stereocenters. The predicted molar refractivity (Wildman–Crippen MR) is 93.1 cm³/mol. The summed E-state index contributed by atoms with van der Waals surface area (Å²) < 4.78 is 0. The van der Waals surface area contributed by atoms with E-state index in [1.807, 2.05) is 24.3 Å². The number of hydrogen-bond donors (Lipinski definition) is 1. The van der Waals surface area contributed by atoms with Gasteiger partial charge in [0.1, 0.15) is 0 Å². The molecule has 0 saturated carbocycles. The Kier molecular flexibility index (Phi) is 4.30. The van der Waals surface area contributed by atoms with Gasteiger partial charge in [-0.2, -0.15) is 0 Å². The van der Waals surface area contributed by atoms with Crippen LogP contribution in [0.2, 0.25) is 10.0 Å². The Hall–Kier alpha value is -1.68. The SMILES string of the molecule is NC(=O)c1cc(Cl)c(Sc2cccc3ccccc23)c(Cl)c1. The zero-order valence-electron chi connectivity index (χ0n) is 11.3. The smallest absolute Gasteiger partial charge is 0.248 e. The number of nitrogens with two attached hydrogens (primary N) is 1. The lowest BCUT2D eigenvalue weighted by molar-refractivity contribution is 0.1000. The molecule has 3 rings (SSSR count). The van der Waals surface area contributed by atoms with Crippen molar-refractivity contribution in [2.45, 2.75) is 9.79 Å². The zero-order valence-corrected chi connectivity index (χ0v) is 13.7. The molecule has 2 nitrogen and oxygen atoms in total. The highest BCUT2D eigenvalue weighted by atomic mass is 35.5. The fourth-order valence-corrected chi connectivity index (χ4v) is 3.89. The molecule has 0 heterocycles. The third-order valence-electron chi connectivity index (χ3n) is 3.24. The second-order valence-electron chi connectivity index (χ2n) is 4.71. The summed E-state index contributed by atoms with van der Waals surface area (Å²) in [5.74, 6) is -0.550. The van der Waals surface area contributed by atoms with E-state index in [-0.39, 0.29) is 0 Å². The molecule has 2 N–H and O–H groups in total. The topological polar surface area (TPSA) is 43.1 Å². The molecule has 110 valence electrons. The van der Waals surface area contributed by atoms with E-state index in [1.165, 1.54) is 11.8 Å². The van der Waals surface area contributed by atoms with Gasteiger partial charge in [0.25, 0.3) is 0 Å². The monoisotopic (exact) mass is 347 g/mol. The van der Waals surface area contributed by atoms with Crippen LogP contribution in [0.3, 0.4) is 0 Å². The molecule has 0 spiro atoms. The zero-order chi connectivity index (χ0) is 15.7. The van der Waals surface area contributed by atoms with E-state index < -0.39 is 5.91 Å². The van der Waals surface area contributed by atoms with Gasteiger partial charge < -0.3 is 5.73 Å². The van der Waals surface area contributed by atoms with E-state index >= 15 is 0 Å². The first kappa shape index (κ1) is 15.2. The van der Waals surface area contributed by atoms with Gasteiger partial charge in [-0.25, -0.2) is 0 Å². The van der Waals surface area contributed by atoms with Crippen molar-refractivity contribution in [1.29, 1.82) is 0 Å². The molecule has 3 aromatic carbocycles. The van der Waals surface area contributed by atoms with Gasteiger partial charge in [0, 0.05) is 15.4 Å². The number of halogens is 2. The van der Waals surface area contributed by atoms with Gasteiger partial charge in [0.05, 0.1) is 10.0 Å². The van der Waals surface area contributed by atoms with E-state index in [2.05, 4.69) is 18.2 Å². The Morgan fingerprint density at radius 1 is 0.955 bits per heavy atom. The lowest BCUT2D eigenvalue weighted by Gasteiger charge is -2.10. The maximum Gasteiger partial charge on any atom is 0.248 e. The third kappa shape index (κ3) is 2.93. The average Bonchev–Trinajstić information content (AvgIpc) is 2.50. The Morgan fingerprint density at radius 2 is 1.59 bits per heavy atom. The molecule has 0 aromatic heterocycles. The van der Waals surface area contributed by atoms with Crippen LogP contribution in [0.5, 0.6) is 0 Å². The number of hydrogen-bond acceptors (Lipinski definition) is 2. The van der Waals surface area contributed by atoms with Gasteiger partial charge in [-0.15, -0.1) is 0 Å². The van der Waals surface area contributed by atoms with Crippen molar-refractivity contribution in [2.24, 2.45) is 5.73 Å². The fourth-order valence-electron chi connectivity index (χ4n) is 2.19. The number of primary amides is 1. The molecule has 0 radical (unpaired) electrons. The van der Waals surface area contributed by atoms with Crippen LogP contribution in [0.15, 0.2) is 64.4 Å². The van der Waals surface area contributed by atoms with E-state index in [0.717, 1.165) is 15.7 Å². The van der Waals surface area contributed by atoms with E-state index in [9.17, 15) is 4.79 Å². The summed E-state index contributed by atoms with van der Waals surface area (Å²) in [7, 11) is 0. The van der Waals surface area contributed by atoms with Crippen molar-refractivity contribution in [1.82, 2.24) is 0 Å². The van der Waals surface area contributed by atoms with E-state index in [4.69, 9.17) is 28.9 Å². The van der Waals surface area contributed by atoms with Crippen LogP contribution < -0.4 is 5.73 Å². The fraction of sp³-hybridized carbons (Fsp3) is 0. The van der Waals surface area contributed by atoms with Crippen LogP contribution in [0, 0.1) is 0 Å². The number of benzene rings is 3. The minimum atomic E-state index is -0.550. The molecule has 22 heavy (non-hydrogen) atoms. The number of carbonyl (C=O) groups excluding carboxylic acids is 1. The van der Waals surface area contributed by atoms with Crippen LogP contribution in [-0.4, -0.2) is 5.91 Å². The van der Waals surface area contributed by atoms with Gasteiger partial charge >= 0.3 is 0 Å². The van der Waals surface area contributed by atoms with Crippen LogP contribution in [0.4, 0.5) is 0 Å². The van der Waals surface area contributed by atoms with Gasteiger partial charge in [-0.05, 0) is 29.0 Å². The van der Waals surface area contributed by atoms with Crippen molar-refractivity contribution in [3.05, 3.63) is 70.2 Å². The molecule has 0 fully saturated rings. The van der Waals surface area contributed by atoms with Gasteiger partial charge in [-0.3, -0.25) is 4.79 Å². The van der Waals surface area contributed by atoms with Crippen LogP contribution in [-0.2, 0) is 0 Å². The molecular weight excluding hydrogens is 337 g/mol. The minimum absolute atomic E-state index is 0.303. The molecule has 0 saturated heterocycles. The summed E-state index contributed by atoms with van der Waals surface area (Å²) in [6.07, 6.45) is 0. The molecule has 5 heteroatoms. The quantitative estimate of drug-likeness (QED) is 0.689. The summed E-state index contributed by atoms with van der Waals surface area (Å²) in [4.78, 5) is 13.0. The normalized spacial score (nSPS) is 10.8. The van der Waals surface area contributed by atoms with E-state index in [1.54, 1.807) is 12.1 Å². The van der Waals surface area contributed by atoms with Crippen molar-refractivity contribution < 1.29 is 4.79 Å². The highest BCUT2D eigenvalue weighted by Gasteiger charge is 2.13. The maximum atomic E-state index is 11.2. The summed E-state index contributed by atoms with van der Waals surface area (Å²) >= 11 is 14.0. The largest absolute Gasteiger partial charge is 0.366 e. The van der Waals surface area contributed by atoms with Crippen molar-refractivity contribution >= 4 is 51.6 Å².